The molecule has 0 radical (unpaired) electrons. The fraction of sp³-hybridized carbons (Fsp3) is 0.579. The molecule has 0 aliphatic carbocycles. The molecule has 2 aromatic rings. The maximum Gasteiger partial charge on any atom is 0.129 e. The first-order valence-electron chi connectivity index (χ1n) is 9.00. The Bertz CT molecular complexity index is 615. The highest BCUT2D eigenvalue weighted by Crippen LogP contribution is 2.18. The van der Waals surface area contributed by atoms with Crippen LogP contribution in [0.4, 0.5) is 0 Å². The molecule has 1 aliphatic heterocycles. The normalized spacial score (nSPS) is 17.2. The van der Waals surface area contributed by atoms with Crippen LogP contribution in [0.15, 0.2) is 33.1 Å². The van der Waals surface area contributed by atoms with Crippen LogP contribution in [0.1, 0.15) is 30.0 Å². The largest absolute Gasteiger partial charge is 0.462 e. The van der Waals surface area contributed by atoms with Gasteiger partial charge in [0.15, 0.2) is 0 Å². The first-order chi connectivity index (χ1) is 12.7. The number of ether oxygens (including phenoxy) is 2. The van der Waals surface area contributed by atoms with Crippen LogP contribution < -0.4 is 0 Å². The zero-order valence-corrected chi connectivity index (χ0v) is 15.9. The highest BCUT2D eigenvalue weighted by atomic mass is 16.5. The Morgan fingerprint density at radius 3 is 1.58 bits per heavy atom. The lowest BCUT2D eigenvalue weighted by Gasteiger charge is -2.41. The molecule has 26 heavy (non-hydrogen) atoms. The van der Waals surface area contributed by atoms with E-state index in [1.165, 1.54) is 0 Å². The third kappa shape index (κ3) is 5.18. The molecule has 2 aromatic heterocycles. The van der Waals surface area contributed by atoms with E-state index in [1.807, 2.05) is 24.3 Å². The van der Waals surface area contributed by atoms with Gasteiger partial charge in [-0.3, -0.25) is 14.7 Å². The molecule has 1 saturated heterocycles. The van der Waals surface area contributed by atoms with Crippen LogP contribution in [-0.2, 0) is 35.8 Å². The van der Waals surface area contributed by atoms with Gasteiger partial charge in [-0.05, 0) is 30.8 Å². The second-order valence-corrected chi connectivity index (χ2v) is 6.67. The van der Waals surface area contributed by atoms with Gasteiger partial charge in [-0.15, -0.1) is 0 Å². The van der Waals surface area contributed by atoms with Gasteiger partial charge in [0.25, 0.3) is 0 Å². The minimum atomic E-state index is 0.509. The Morgan fingerprint density at radius 2 is 1.15 bits per heavy atom. The molecule has 0 saturated carbocycles. The van der Waals surface area contributed by atoms with Crippen LogP contribution in [-0.4, -0.2) is 55.5 Å². The first-order valence-corrected chi connectivity index (χ1v) is 9.00. The lowest BCUT2D eigenvalue weighted by molar-refractivity contribution is -0.0409. The number of nitrogens with zero attached hydrogens (tertiary/aromatic N) is 3. The molecule has 3 heterocycles. The van der Waals surface area contributed by atoms with Gasteiger partial charge in [-0.2, -0.15) is 0 Å². The Morgan fingerprint density at radius 1 is 0.731 bits per heavy atom. The molecule has 1 aliphatic rings. The van der Waals surface area contributed by atoms with Gasteiger partial charge in [0.05, 0.1) is 33.1 Å². The van der Waals surface area contributed by atoms with E-state index >= 15 is 0 Å². The maximum absolute atomic E-state index is 5.84. The van der Waals surface area contributed by atoms with E-state index in [4.69, 9.17) is 18.3 Å². The van der Waals surface area contributed by atoms with Crippen LogP contribution in [0.25, 0.3) is 0 Å². The molecule has 0 bridgehead atoms. The lowest BCUT2D eigenvalue weighted by Crippen LogP contribution is -2.53. The molecule has 144 valence electrons. The summed E-state index contributed by atoms with van der Waals surface area (Å²) < 4.78 is 21.9. The quantitative estimate of drug-likeness (QED) is 0.679. The Labute approximate surface area is 155 Å². The van der Waals surface area contributed by atoms with Gasteiger partial charge in [-0.1, -0.05) is 6.92 Å². The van der Waals surface area contributed by atoms with Crippen LogP contribution in [0, 0.1) is 0 Å². The van der Waals surface area contributed by atoms with Gasteiger partial charge < -0.3 is 18.3 Å². The zero-order valence-electron chi connectivity index (χ0n) is 15.9. The molecular weight excluding hydrogens is 334 g/mol. The number of hydrogen-bond acceptors (Lipinski definition) is 7. The van der Waals surface area contributed by atoms with E-state index in [1.54, 1.807) is 14.2 Å². The second kappa shape index (κ2) is 9.34. The standard InChI is InChI=1S/C19H29N3O4/c1-4-20-13-21(9-16-5-7-18(25-16)11-23-2)15-22(14-20)10-17-6-8-19(26-17)12-24-3/h5-8H,4,9-15H2,1-3H3. The first kappa shape index (κ1) is 19.1. The topological polar surface area (TPSA) is 54.5 Å². The maximum atomic E-state index is 5.84. The summed E-state index contributed by atoms with van der Waals surface area (Å²) in [5, 5.41) is 0. The summed E-state index contributed by atoms with van der Waals surface area (Å²) in [6, 6.07) is 8.04. The van der Waals surface area contributed by atoms with Gasteiger partial charge in [0.2, 0.25) is 0 Å². The summed E-state index contributed by atoms with van der Waals surface area (Å²) in [5.74, 6) is 3.67. The molecule has 0 N–H and O–H groups in total. The molecule has 0 amide bonds. The highest BCUT2D eigenvalue weighted by molar-refractivity contribution is 5.07. The minimum Gasteiger partial charge on any atom is -0.462 e. The summed E-state index contributed by atoms with van der Waals surface area (Å²) in [6.45, 7) is 8.51. The third-order valence-electron chi connectivity index (χ3n) is 4.41. The SMILES string of the molecule is CCN1CN(Cc2ccc(COC)o2)CN(Cc2ccc(COC)o2)C1. The van der Waals surface area contributed by atoms with Crippen molar-refractivity contribution < 1.29 is 18.3 Å². The molecule has 7 nitrogen and oxygen atoms in total. The zero-order chi connectivity index (χ0) is 18.4. The summed E-state index contributed by atoms with van der Waals surface area (Å²) in [7, 11) is 3.35. The van der Waals surface area contributed by atoms with E-state index < -0.39 is 0 Å². The van der Waals surface area contributed by atoms with Crippen molar-refractivity contribution in [3.8, 4) is 0 Å². The molecular formula is C19H29N3O4. The molecule has 0 atom stereocenters. The van der Waals surface area contributed by atoms with Crippen LogP contribution in [0.5, 0.6) is 0 Å². The van der Waals surface area contributed by atoms with Crippen LogP contribution in [0.2, 0.25) is 0 Å². The van der Waals surface area contributed by atoms with E-state index in [2.05, 4.69) is 21.6 Å². The average molecular weight is 363 g/mol. The Balaban J connectivity index is 1.59. The van der Waals surface area contributed by atoms with E-state index in [-0.39, 0.29) is 0 Å². The smallest absolute Gasteiger partial charge is 0.129 e. The van der Waals surface area contributed by atoms with Crippen molar-refractivity contribution in [2.24, 2.45) is 0 Å². The van der Waals surface area contributed by atoms with Crippen LogP contribution >= 0.6 is 0 Å². The molecule has 1 fully saturated rings. The van der Waals surface area contributed by atoms with Gasteiger partial charge >= 0.3 is 0 Å². The van der Waals surface area contributed by atoms with Crippen molar-refractivity contribution in [3.63, 3.8) is 0 Å². The monoisotopic (exact) mass is 363 g/mol. The van der Waals surface area contributed by atoms with Gasteiger partial charge in [0.1, 0.15) is 36.3 Å². The number of furan rings is 2. The molecule has 0 aromatic carbocycles. The number of methoxy groups -OCH3 is 2. The van der Waals surface area contributed by atoms with Crippen molar-refractivity contribution in [2.75, 3.05) is 40.8 Å². The van der Waals surface area contributed by atoms with Crippen molar-refractivity contribution in [2.45, 2.75) is 33.2 Å². The second-order valence-electron chi connectivity index (χ2n) is 6.67. The van der Waals surface area contributed by atoms with Crippen molar-refractivity contribution >= 4 is 0 Å². The summed E-state index contributed by atoms with van der Waals surface area (Å²) in [4.78, 5) is 7.16. The Hall–Kier alpha value is -1.64. The molecule has 3 rings (SSSR count). The predicted molar refractivity (Wildman–Crippen MR) is 96.9 cm³/mol. The van der Waals surface area contributed by atoms with Crippen LogP contribution in [0.3, 0.4) is 0 Å². The summed E-state index contributed by atoms with van der Waals surface area (Å²) in [5.41, 5.74) is 0. The molecule has 7 heteroatoms. The Kier molecular flexibility index (Phi) is 6.87. The van der Waals surface area contributed by atoms with Crippen molar-refractivity contribution in [3.05, 3.63) is 47.3 Å². The highest BCUT2D eigenvalue weighted by Gasteiger charge is 2.24. The lowest BCUT2D eigenvalue weighted by atomic mass is 10.3. The summed E-state index contributed by atoms with van der Waals surface area (Å²) in [6.07, 6.45) is 0. The third-order valence-corrected chi connectivity index (χ3v) is 4.41. The van der Waals surface area contributed by atoms with Crippen molar-refractivity contribution in [1.82, 2.24) is 14.7 Å². The van der Waals surface area contributed by atoms with Gasteiger partial charge in [0, 0.05) is 14.2 Å². The predicted octanol–water partition coefficient (Wildman–Crippen LogP) is 2.68. The number of rotatable bonds is 9. The minimum absolute atomic E-state index is 0.509. The van der Waals surface area contributed by atoms with Gasteiger partial charge in [-0.25, -0.2) is 0 Å². The summed E-state index contributed by atoms with van der Waals surface area (Å²) >= 11 is 0. The van der Waals surface area contributed by atoms with Crippen molar-refractivity contribution in [1.29, 1.82) is 0 Å². The molecule has 0 spiro atoms. The fourth-order valence-corrected chi connectivity index (χ4v) is 3.28. The van der Waals surface area contributed by atoms with E-state index in [0.29, 0.717) is 13.2 Å². The van der Waals surface area contributed by atoms with E-state index in [0.717, 1.165) is 62.7 Å². The fourth-order valence-electron chi connectivity index (χ4n) is 3.28. The number of hydrogen-bond donors (Lipinski definition) is 0. The van der Waals surface area contributed by atoms with E-state index in [9.17, 15) is 0 Å². The average Bonchev–Trinajstić information content (AvgIpc) is 3.25. The molecule has 0 unspecified atom stereocenters.